The molecule has 0 N–H and O–H groups in total. The highest BCUT2D eigenvalue weighted by atomic mass is 32.2. The summed E-state index contributed by atoms with van der Waals surface area (Å²) in [6.45, 7) is 0. The van der Waals surface area contributed by atoms with Gasteiger partial charge in [0, 0.05) is 15.2 Å². The van der Waals surface area contributed by atoms with Crippen molar-refractivity contribution in [3.05, 3.63) is 72.0 Å². The quantitative estimate of drug-likeness (QED) is 0.659. The maximum absolute atomic E-state index is 13.2. The van der Waals surface area contributed by atoms with Crippen molar-refractivity contribution < 1.29 is 4.39 Å². The first-order chi connectivity index (χ1) is 9.78. The van der Waals surface area contributed by atoms with Crippen molar-refractivity contribution in [3.8, 4) is 6.07 Å². The predicted octanol–water partition coefficient (Wildman–Crippen LogP) is 5.00. The number of halogens is 1. The number of hydrogen-bond donors (Lipinski definition) is 0. The van der Waals surface area contributed by atoms with Crippen LogP contribution in [0.5, 0.6) is 0 Å². The Morgan fingerprint density at radius 3 is 2.45 bits per heavy atom. The van der Waals surface area contributed by atoms with Gasteiger partial charge in [0.1, 0.15) is 5.82 Å². The molecule has 0 aliphatic carbocycles. The molecule has 0 saturated heterocycles. The second-order valence-electron chi connectivity index (χ2n) is 4.33. The monoisotopic (exact) mass is 279 g/mol. The molecule has 0 atom stereocenters. The second kappa shape index (κ2) is 5.36. The Morgan fingerprint density at radius 1 is 0.900 bits per heavy atom. The highest BCUT2D eigenvalue weighted by molar-refractivity contribution is 7.99. The Bertz CT molecular complexity index is 821. The second-order valence-corrected chi connectivity index (χ2v) is 5.44. The summed E-state index contributed by atoms with van der Waals surface area (Å²) < 4.78 is 13.2. The van der Waals surface area contributed by atoms with Crippen molar-refractivity contribution in [1.82, 2.24) is 0 Å². The number of rotatable bonds is 2. The van der Waals surface area contributed by atoms with Gasteiger partial charge in [0.15, 0.2) is 0 Å². The van der Waals surface area contributed by atoms with E-state index in [2.05, 4.69) is 6.07 Å². The van der Waals surface area contributed by atoms with E-state index in [1.54, 1.807) is 6.07 Å². The molecule has 0 aromatic heterocycles. The zero-order valence-corrected chi connectivity index (χ0v) is 11.3. The first kappa shape index (κ1) is 12.7. The molecule has 0 spiro atoms. The van der Waals surface area contributed by atoms with Crippen molar-refractivity contribution in [2.75, 3.05) is 0 Å². The maximum Gasteiger partial charge on any atom is 0.124 e. The zero-order chi connectivity index (χ0) is 13.9. The molecule has 1 nitrogen and oxygen atoms in total. The van der Waals surface area contributed by atoms with E-state index < -0.39 is 0 Å². The lowest BCUT2D eigenvalue weighted by atomic mass is 10.1. The Kier molecular flexibility index (Phi) is 3.41. The molecule has 0 aliphatic rings. The lowest BCUT2D eigenvalue weighted by Crippen LogP contribution is -1.83. The lowest BCUT2D eigenvalue weighted by molar-refractivity contribution is 0.624. The summed E-state index contributed by atoms with van der Waals surface area (Å²) in [5.41, 5.74) is 0.657. The third-order valence-corrected chi connectivity index (χ3v) is 4.09. The summed E-state index contributed by atoms with van der Waals surface area (Å²) in [5.74, 6) is -0.243. The van der Waals surface area contributed by atoms with Crippen molar-refractivity contribution in [2.45, 2.75) is 9.79 Å². The normalized spacial score (nSPS) is 10.4. The van der Waals surface area contributed by atoms with Gasteiger partial charge >= 0.3 is 0 Å². The number of nitriles is 1. The third kappa shape index (κ3) is 2.38. The molecule has 0 fully saturated rings. The van der Waals surface area contributed by atoms with E-state index in [9.17, 15) is 4.39 Å². The van der Waals surface area contributed by atoms with Gasteiger partial charge < -0.3 is 0 Å². The fraction of sp³-hybridized carbons (Fsp3) is 0. The summed E-state index contributed by atoms with van der Waals surface area (Å²) in [6.07, 6.45) is 0. The molecular formula is C17H10FNS. The molecule has 3 rings (SSSR count). The SMILES string of the molecule is N#Cc1ccc(Sc2cccc(F)c2)c2ccccc12. The van der Waals surface area contributed by atoms with E-state index in [1.165, 1.54) is 23.9 Å². The van der Waals surface area contributed by atoms with E-state index in [-0.39, 0.29) is 5.82 Å². The van der Waals surface area contributed by atoms with Crippen LogP contribution in [0.2, 0.25) is 0 Å². The number of nitrogens with zero attached hydrogens (tertiary/aromatic N) is 1. The summed E-state index contributed by atoms with van der Waals surface area (Å²) in [7, 11) is 0. The largest absolute Gasteiger partial charge is 0.207 e. The molecule has 96 valence electrons. The zero-order valence-electron chi connectivity index (χ0n) is 10.5. The van der Waals surface area contributed by atoms with Crippen LogP contribution in [0.25, 0.3) is 10.8 Å². The average Bonchev–Trinajstić information content (AvgIpc) is 2.48. The van der Waals surface area contributed by atoms with Gasteiger partial charge in [-0.1, -0.05) is 42.1 Å². The molecule has 0 unspecified atom stereocenters. The lowest BCUT2D eigenvalue weighted by Gasteiger charge is -2.07. The van der Waals surface area contributed by atoms with Gasteiger partial charge in [-0.3, -0.25) is 0 Å². The van der Waals surface area contributed by atoms with Crippen LogP contribution in [-0.2, 0) is 0 Å². The Labute approximate surface area is 120 Å². The Morgan fingerprint density at radius 2 is 1.70 bits per heavy atom. The van der Waals surface area contributed by atoms with Gasteiger partial charge in [-0.2, -0.15) is 5.26 Å². The molecule has 3 heteroatoms. The minimum Gasteiger partial charge on any atom is -0.207 e. The van der Waals surface area contributed by atoms with Crippen molar-refractivity contribution in [2.24, 2.45) is 0 Å². The van der Waals surface area contributed by atoms with E-state index in [4.69, 9.17) is 5.26 Å². The fourth-order valence-corrected chi connectivity index (χ4v) is 3.11. The summed E-state index contributed by atoms with van der Waals surface area (Å²) >= 11 is 1.50. The average molecular weight is 279 g/mol. The third-order valence-electron chi connectivity index (χ3n) is 3.03. The number of benzene rings is 3. The van der Waals surface area contributed by atoms with Gasteiger partial charge in [0.05, 0.1) is 11.6 Å². The molecule has 0 bridgehead atoms. The molecule has 3 aromatic carbocycles. The van der Waals surface area contributed by atoms with E-state index in [0.29, 0.717) is 5.56 Å². The Balaban J connectivity index is 2.11. The van der Waals surface area contributed by atoms with Gasteiger partial charge in [-0.15, -0.1) is 0 Å². The Hall–Kier alpha value is -2.31. The smallest absolute Gasteiger partial charge is 0.124 e. The first-order valence-corrected chi connectivity index (χ1v) is 6.95. The van der Waals surface area contributed by atoms with Crippen LogP contribution in [0.4, 0.5) is 4.39 Å². The summed E-state index contributed by atoms with van der Waals surface area (Å²) in [6, 6.07) is 20.2. The van der Waals surface area contributed by atoms with E-state index in [1.807, 2.05) is 42.5 Å². The van der Waals surface area contributed by atoms with E-state index >= 15 is 0 Å². The molecule has 0 saturated carbocycles. The van der Waals surface area contributed by atoms with E-state index in [0.717, 1.165) is 20.6 Å². The number of hydrogen-bond acceptors (Lipinski definition) is 2. The minimum absolute atomic E-state index is 0.243. The molecule has 0 heterocycles. The van der Waals surface area contributed by atoms with Gasteiger partial charge in [-0.25, -0.2) is 4.39 Å². The highest BCUT2D eigenvalue weighted by Crippen LogP contribution is 2.34. The van der Waals surface area contributed by atoms with Gasteiger partial charge in [0.25, 0.3) is 0 Å². The molecule has 0 amide bonds. The van der Waals surface area contributed by atoms with Crippen LogP contribution in [-0.4, -0.2) is 0 Å². The van der Waals surface area contributed by atoms with Crippen LogP contribution < -0.4 is 0 Å². The highest BCUT2D eigenvalue weighted by Gasteiger charge is 2.07. The fourth-order valence-electron chi connectivity index (χ4n) is 2.12. The van der Waals surface area contributed by atoms with Crippen LogP contribution >= 0.6 is 11.8 Å². The van der Waals surface area contributed by atoms with Crippen molar-refractivity contribution in [3.63, 3.8) is 0 Å². The maximum atomic E-state index is 13.2. The molecule has 0 aliphatic heterocycles. The summed E-state index contributed by atoms with van der Waals surface area (Å²) in [4.78, 5) is 1.87. The molecule has 20 heavy (non-hydrogen) atoms. The molecule has 3 aromatic rings. The van der Waals surface area contributed by atoms with Crippen molar-refractivity contribution >= 4 is 22.5 Å². The summed E-state index contributed by atoms with van der Waals surface area (Å²) in [5, 5.41) is 11.1. The molecular weight excluding hydrogens is 269 g/mol. The van der Waals surface area contributed by atoms with Crippen LogP contribution in [0.1, 0.15) is 5.56 Å². The van der Waals surface area contributed by atoms with Crippen molar-refractivity contribution in [1.29, 1.82) is 5.26 Å². The first-order valence-electron chi connectivity index (χ1n) is 6.13. The minimum atomic E-state index is -0.243. The number of fused-ring (bicyclic) bond motifs is 1. The van der Waals surface area contributed by atoms with Gasteiger partial charge in [0.2, 0.25) is 0 Å². The topological polar surface area (TPSA) is 23.8 Å². The van der Waals surface area contributed by atoms with Crippen LogP contribution in [0, 0.1) is 17.1 Å². The van der Waals surface area contributed by atoms with Crippen LogP contribution in [0.3, 0.4) is 0 Å². The standard InChI is InChI=1S/C17H10FNS/c18-13-4-3-5-14(10-13)20-17-9-8-12(11-19)15-6-1-2-7-16(15)17/h1-10H. The van der Waals surface area contributed by atoms with Crippen LogP contribution in [0.15, 0.2) is 70.5 Å². The molecule has 0 radical (unpaired) electrons. The predicted molar refractivity (Wildman–Crippen MR) is 79.2 cm³/mol. The van der Waals surface area contributed by atoms with Gasteiger partial charge in [-0.05, 0) is 35.7 Å².